The number of hydrogen-bond donors (Lipinski definition) is 8. The van der Waals surface area contributed by atoms with Gasteiger partial charge < -0.3 is 55.1 Å². The monoisotopic (exact) mass is 376 g/mol. The molecule has 8 N–H and O–H groups in total. The Bertz CT molecular complexity index is 424. The Morgan fingerprint density at radius 1 is 0.917 bits per heavy atom. The van der Waals surface area contributed by atoms with Crippen LogP contribution in [0.5, 0.6) is 0 Å². The average Bonchev–Trinajstić information content (AvgIpc) is 2.81. The van der Waals surface area contributed by atoms with E-state index in [0.717, 1.165) is 0 Å². The van der Waals surface area contributed by atoms with Crippen LogP contribution in [0.1, 0.15) is 0 Å². The summed E-state index contributed by atoms with van der Waals surface area (Å²) in [5.74, 6) is -2.50. The van der Waals surface area contributed by atoms with Gasteiger partial charge in [-0.25, -0.2) is 0 Å². The van der Waals surface area contributed by atoms with E-state index in [1.54, 1.807) is 0 Å². The number of hydrogen-bond acceptors (Lipinski definition) is 11. The lowest BCUT2D eigenvalue weighted by Gasteiger charge is -2.44. The van der Waals surface area contributed by atoms with Crippen LogP contribution in [0.4, 0.5) is 0 Å². The Hall–Kier alpha value is -0.150. The Balaban J connectivity index is 2.25. The fourth-order valence-electron chi connectivity index (χ4n) is 2.66. The number of rotatable bonds is 5. The van der Waals surface area contributed by atoms with Crippen molar-refractivity contribution in [1.82, 2.24) is 0 Å². The second-order valence-electron chi connectivity index (χ2n) is 5.65. The Kier molecular flexibility index (Phi) is 6.40. The van der Waals surface area contributed by atoms with E-state index in [0.29, 0.717) is 0 Å². The van der Waals surface area contributed by atoms with Crippen LogP contribution in [0.3, 0.4) is 0 Å². The van der Waals surface area contributed by atoms with Gasteiger partial charge in [0, 0.05) is 0 Å². The largest absolute Gasteiger partial charge is 0.394 e. The third kappa shape index (κ3) is 3.28. The first kappa shape index (κ1) is 20.2. The predicted octanol–water partition coefficient (Wildman–Crippen LogP) is -4.83. The molecule has 1 unspecified atom stereocenters. The smallest absolute Gasteiger partial charge is 0.241 e. The molecule has 12 heteroatoms. The van der Waals surface area contributed by atoms with Crippen molar-refractivity contribution in [3.63, 3.8) is 0 Å². The fourth-order valence-corrected chi connectivity index (χ4v) is 2.89. The lowest BCUT2D eigenvalue weighted by molar-refractivity contribution is -0.388. The zero-order valence-corrected chi connectivity index (χ0v) is 13.0. The van der Waals surface area contributed by atoms with E-state index in [4.69, 9.17) is 36.0 Å². The second-order valence-corrected chi connectivity index (χ2v) is 6.06. The van der Waals surface area contributed by atoms with Crippen LogP contribution < -0.4 is 0 Å². The van der Waals surface area contributed by atoms with Crippen molar-refractivity contribution < 1.29 is 55.1 Å². The highest BCUT2D eigenvalue weighted by Gasteiger charge is 2.61. The lowest BCUT2D eigenvalue weighted by Crippen LogP contribution is -2.63. The van der Waals surface area contributed by atoms with Gasteiger partial charge in [-0.2, -0.15) is 0 Å². The summed E-state index contributed by atoms with van der Waals surface area (Å²) in [4.78, 5) is 0. The molecule has 24 heavy (non-hydrogen) atoms. The van der Waals surface area contributed by atoms with Crippen molar-refractivity contribution in [2.75, 3.05) is 13.2 Å². The second kappa shape index (κ2) is 7.61. The summed E-state index contributed by atoms with van der Waals surface area (Å²) in [6.07, 6.45) is -13.3. The molecule has 0 radical (unpaired) electrons. The molecule has 0 saturated carbocycles. The molecule has 2 heterocycles. The Morgan fingerprint density at radius 3 is 1.96 bits per heavy atom. The minimum Gasteiger partial charge on any atom is -0.394 e. The maximum atomic E-state index is 10.1. The fraction of sp³-hybridized carbons (Fsp3) is 1.00. The highest BCUT2D eigenvalue weighted by atomic mass is 35.5. The normalized spacial score (nSPS) is 50.9. The van der Waals surface area contributed by atoms with E-state index in [9.17, 15) is 30.6 Å². The molecular formula is C12H21ClO11. The van der Waals surface area contributed by atoms with Crippen molar-refractivity contribution >= 4 is 11.6 Å². The molecule has 2 rings (SSSR count). The van der Waals surface area contributed by atoms with Crippen LogP contribution >= 0.6 is 11.6 Å². The van der Waals surface area contributed by atoms with E-state index < -0.39 is 73.6 Å². The molecule has 0 aromatic heterocycles. The van der Waals surface area contributed by atoms with Gasteiger partial charge in [0.2, 0.25) is 5.79 Å². The van der Waals surface area contributed by atoms with Gasteiger partial charge in [0.1, 0.15) is 42.7 Å². The Labute approximate surface area is 141 Å². The molecule has 2 aliphatic rings. The van der Waals surface area contributed by atoms with Gasteiger partial charge in [-0.05, 0) is 0 Å². The zero-order valence-electron chi connectivity index (χ0n) is 12.3. The maximum Gasteiger partial charge on any atom is 0.241 e. The molecule has 2 aliphatic heterocycles. The van der Waals surface area contributed by atoms with E-state index in [2.05, 4.69) is 0 Å². The van der Waals surface area contributed by atoms with Gasteiger partial charge in [0.25, 0.3) is 0 Å². The SMILES string of the molecule is OC[C@H]1O[C@](O[C@H]2O[C@H](CO)[C@@H](O)[C@H](O)[C@H]2O)(C(O)Cl)[C@@H](O)[C@@H]1O. The van der Waals surface area contributed by atoms with Gasteiger partial charge in [-0.15, -0.1) is 0 Å². The highest BCUT2D eigenvalue weighted by molar-refractivity contribution is 6.20. The lowest BCUT2D eigenvalue weighted by atomic mass is 9.99. The van der Waals surface area contributed by atoms with Gasteiger partial charge >= 0.3 is 0 Å². The maximum absolute atomic E-state index is 10.1. The van der Waals surface area contributed by atoms with Gasteiger partial charge in [0.05, 0.1) is 13.2 Å². The summed E-state index contributed by atoms with van der Waals surface area (Å²) in [5.41, 5.74) is -2.06. The zero-order chi connectivity index (χ0) is 18.2. The van der Waals surface area contributed by atoms with Crippen molar-refractivity contribution in [3.05, 3.63) is 0 Å². The van der Waals surface area contributed by atoms with Crippen molar-refractivity contribution in [1.29, 1.82) is 0 Å². The molecule has 0 amide bonds. The molecule has 142 valence electrons. The number of alkyl halides is 1. The van der Waals surface area contributed by atoms with Crippen LogP contribution in [0, 0.1) is 0 Å². The quantitative estimate of drug-likeness (QED) is 0.215. The molecule has 2 saturated heterocycles. The molecule has 2 fully saturated rings. The summed E-state index contributed by atoms with van der Waals surface area (Å²) in [6.45, 7) is -1.46. The topological polar surface area (TPSA) is 190 Å². The molecular weight excluding hydrogens is 356 g/mol. The minimum atomic E-state index is -2.50. The molecule has 0 aromatic rings. The van der Waals surface area contributed by atoms with Crippen LogP contribution in [0.25, 0.3) is 0 Å². The number of ether oxygens (including phenoxy) is 3. The first-order valence-electron chi connectivity index (χ1n) is 7.14. The highest BCUT2D eigenvalue weighted by Crippen LogP contribution is 2.39. The van der Waals surface area contributed by atoms with Crippen molar-refractivity contribution in [3.8, 4) is 0 Å². The van der Waals surface area contributed by atoms with Gasteiger partial charge in [-0.1, -0.05) is 11.6 Å². The first-order valence-corrected chi connectivity index (χ1v) is 7.58. The van der Waals surface area contributed by atoms with E-state index in [1.807, 2.05) is 0 Å². The summed E-state index contributed by atoms with van der Waals surface area (Å²) in [5, 5.41) is 77.2. The van der Waals surface area contributed by atoms with Crippen LogP contribution in [-0.4, -0.2) is 114 Å². The predicted molar refractivity (Wildman–Crippen MR) is 73.4 cm³/mol. The van der Waals surface area contributed by atoms with E-state index in [-0.39, 0.29) is 0 Å². The van der Waals surface area contributed by atoms with Gasteiger partial charge in [0.15, 0.2) is 11.9 Å². The summed E-state index contributed by atoms with van der Waals surface area (Å²) in [6, 6.07) is 0. The minimum absolute atomic E-state index is 0.730. The van der Waals surface area contributed by atoms with Crippen LogP contribution in [0.15, 0.2) is 0 Å². The number of aliphatic hydroxyl groups excluding tert-OH is 8. The molecule has 11 nitrogen and oxygen atoms in total. The molecule has 0 aromatic carbocycles. The molecule has 0 aliphatic carbocycles. The molecule has 10 atom stereocenters. The first-order chi connectivity index (χ1) is 11.2. The van der Waals surface area contributed by atoms with E-state index >= 15 is 0 Å². The third-order valence-electron chi connectivity index (χ3n) is 4.11. The van der Waals surface area contributed by atoms with Crippen LogP contribution in [-0.2, 0) is 14.2 Å². The summed E-state index contributed by atoms with van der Waals surface area (Å²) >= 11 is 5.58. The van der Waals surface area contributed by atoms with Crippen LogP contribution in [0.2, 0.25) is 0 Å². The average molecular weight is 377 g/mol. The summed E-state index contributed by atoms with van der Waals surface area (Å²) < 4.78 is 15.4. The van der Waals surface area contributed by atoms with Gasteiger partial charge in [-0.3, -0.25) is 0 Å². The standard InChI is InChI=1S/C12H21ClO11/c13-11(21)12(9(20)6(17)4(2-15)23-12)24-10-8(19)7(18)5(16)3(1-14)22-10/h3-11,14-21H,1-2H2/t3-,4-,5-,6-,7+,8-,9+,10-,11?,12-/m1/s1. The Morgan fingerprint density at radius 2 is 1.50 bits per heavy atom. The number of aliphatic hydroxyl groups is 8. The molecule has 0 spiro atoms. The number of halogens is 1. The molecule has 0 bridgehead atoms. The van der Waals surface area contributed by atoms with E-state index in [1.165, 1.54) is 0 Å². The van der Waals surface area contributed by atoms with Crippen molar-refractivity contribution in [2.45, 2.75) is 60.4 Å². The summed E-state index contributed by atoms with van der Waals surface area (Å²) in [7, 11) is 0. The third-order valence-corrected chi connectivity index (χ3v) is 4.42. The van der Waals surface area contributed by atoms with Crippen molar-refractivity contribution in [2.24, 2.45) is 0 Å².